The van der Waals surface area contributed by atoms with Crippen LogP contribution in [-0.4, -0.2) is 82.4 Å². The van der Waals surface area contributed by atoms with E-state index >= 15 is 0 Å². The summed E-state index contributed by atoms with van der Waals surface area (Å²) >= 11 is 0. The van der Waals surface area contributed by atoms with E-state index in [9.17, 15) is 28.8 Å². The number of rotatable bonds is 21. The van der Waals surface area contributed by atoms with Gasteiger partial charge in [0.25, 0.3) is 0 Å². The molecule has 0 spiro atoms. The van der Waals surface area contributed by atoms with Crippen LogP contribution in [0, 0.1) is 0 Å². The molecule has 1 aromatic carbocycles. The molecule has 0 aliphatic rings. The Morgan fingerprint density at radius 3 is 2.21 bits per heavy atom. The van der Waals surface area contributed by atoms with Gasteiger partial charge in [0.15, 0.2) is 6.03 Å². The van der Waals surface area contributed by atoms with Gasteiger partial charge in [-0.2, -0.15) is 0 Å². The van der Waals surface area contributed by atoms with Crippen LogP contribution in [-0.2, 0) is 35.1 Å². The Morgan fingerprint density at radius 1 is 0.814 bits per heavy atom. The molecule has 6 amide bonds. The fourth-order valence-electron chi connectivity index (χ4n) is 3.21. The molecular weight excluding hydrogens is 777 g/mol. The van der Waals surface area contributed by atoms with Gasteiger partial charge in [-0.15, -0.1) is 12.2 Å². The fourth-order valence-corrected chi connectivity index (χ4v) is 3.21. The maximum Gasteiger partial charge on any atom is 1.00 e. The van der Waals surface area contributed by atoms with E-state index in [1.807, 2.05) is 0 Å². The van der Waals surface area contributed by atoms with E-state index < -0.39 is 18.2 Å². The van der Waals surface area contributed by atoms with Crippen LogP contribution in [0.15, 0.2) is 24.3 Å². The summed E-state index contributed by atoms with van der Waals surface area (Å²) in [5, 5.41) is 19.3. The zero-order valence-electron chi connectivity index (χ0n) is 26.0. The number of carbonyl (C=O) groups is 6. The van der Waals surface area contributed by atoms with Crippen molar-refractivity contribution in [3.63, 3.8) is 0 Å². The van der Waals surface area contributed by atoms with Crippen molar-refractivity contribution in [1.82, 2.24) is 16.0 Å². The molecule has 16 heteroatoms. The molecule has 224 valence electrons. The number of nitrogens with one attached hydrogen (secondary N) is 3. The number of amides is 6. The van der Waals surface area contributed by atoms with Gasteiger partial charge >= 0.3 is 175 Å². The first-order valence-electron chi connectivity index (χ1n) is 13.3. The second-order valence-electron chi connectivity index (χ2n) is 8.67. The molecule has 1 rings (SSSR count). The van der Waals surface area contributed by atoms with Crippen molar-refractivity contribution in [3.05, 3.63) is 45.8 Å². The maximum absolute atomic E-state index is 12.0. The van der Waals surface area contributed by atoms with Crippen LogP contribution in [0.2, 0.25) is 0 Å². The Balaban J connectivity index is -0.00000200. The van der Waals surface area contributed by atoms with Gasteiger partial charge in [0.05, 0.1) is 18.2 Å². The Morgan fingerprint density at radius 2 is 1.53 bits per heavy atom. The van der Waals surface area contributed by atoms with Gasteiger partial charge < -0.3 is 51.0 Å². The van der Waals surface area contributed by atoms with Crippen LogP contribution >= 0.6 is 0 Å². The van der Waals surface area contributed by atoms with E-state index in [1.54, 1.807) is 24.3 Å². The van der Waals surface area contributed by atoms with Crippen molar-refractivity contribution in [2.45, 2.75) is 51.4 Å². The Kier molecular flexibility index (Phi) is 37.8. The molecule has 3 N–H and O–H groups in total. The number of ether oxygens (including phenoxy) is 1. The van der Waals surface area contributed by atoms with Crippen molar-refractivity contribution in [3.8, 4) is 0 Å². The molecule has 43 heavy (non-hydrogen) atoms. The number of aldehydes is 1. The molecule has 0 atom stereocenters. The molecule has 0 bridgehead atoms. The molecule has 0 aliphatic heterocycles. The molecule has 0 fully saturated rings. The largest absolute Gasteiger partial charge is 1.00 e. The number of urea groups is 1. The average Bonchev–Trinajstić information content (AvgIpc) is 2.93. The molecule has 13 nitrogen and oxygen atoms in total. The van der Waals surface area contributed by atoms with E-state index in [-0.39, 0.29) is 226 Å². The molecule has 0 radical (unpaired) electrons. The second-order valence-corrected chi connectivity index (χ2v) is 8.67. The van der Waals surface area contributed by atoms with Crippen molar-refractivity contribution in [1.29, 1.82) is 0 Å². The Hall–Kier alpha value is 1.42. The minimum Gasteiger partial charge on any atom is -0.651 e. The summed E-state index contributed by atoms with van der Waals surface area (Å²) in [7, 11) is 1.53. The number of nitrogens with zero attached hydrogens (tertiary/aromatic N) is 3. The number of hydrogen-bond acceptors (Lipinski definition) is 7. The smallest absolute Gasteiger partial charge is 0.651 e. The predicted molar refractivity (Wildman–Crippen MR) is 151 cm³/mol. The summed E-state index contributed by atoms with van der Waals surface area (Å²) in [6.07, 6.45) is 4.33. The van der Waals surface area contributed by atoms with Crippen LogP contribution in [0.25, 0.3) is 16.0 Å². The third-order valence-electron chi connectivity index (χ3n) is 5.31. The second kappa shape index (κ2) is 33.3. The quantitative estimate of drug-likeness (QED) is 0.0626. The van der Waals surface area contributed by atoms with Crippen molar-refractivity contribution >= 4 is 41.6 Å². The van der Waals surface area contributed by atoms with Crippen LogP contribution in [0.5, 0.6) is 0 Å². The molecule has 0 saturated heterocycles. The standard InChI is InChI=1S/C27H42N6O7.3Rb.H2/c1-28-23(35)11-14-29-24(36)19-21-7-9-22(10-8-21)33-26(38)20-25(37)30-15-18-40-17-6-13-32-27(39)31-12-4-2-3-5-16-34;;;;/h7-10,16H,2-6,11-15,17-20H2,1H3,(H6,28,29,30,31,32,33,35,36,37,38,39);;;;1H/q;3*+1;/p-3. The molecule has 0 saturated carbocycles. The summed E-state index contributed by atoms with van der Waals surface area (Å²) in [5.74, 6) is -1.61. The number of hydrogen-bond donors (Lipinski definition) is 3. The van der Waals surface area contributed by atoms with Gasteiger partial charge in [-0.1, -0.05) is 43.7 Å². The first kappa shape index (κ1) is 48.8. The first-order chi connectivity index (χ1) is 19.3. The number of benzene rings is 1. The van der Waals surface area contributed by atoms with Gasteiger partial charge in [0.2, 0.25) is 11.8 Å². The summed E-state index contributed by atoms with van der Waals surface area (Å²) in [5.41, 5.74) is 1.07. The normalized spacial score (nSPS) is 9.51. The van der Waals surface area contributed by atoms with E-state index in [1.165, 1.54) is 7.05 Å². The van der Waals surface area contributed by atoms with Gasteiger partial charge in [0.1, 0.15) is 6.29 Å². The van der Waals surface area contributed by atoms with Crippen LogP contribution in [0.3, 0.4) is 0 Å². The van der Waals surface area contributed by atoms with E-state index in [0.717, 1.165) is 25.5 Å². The van der Waals surface area contributed by atoms with E-state index in [4.69, 9.17) is 4.74 Å². The minimum atomic E-state index is -0.629. The van der Waals surface area contributed by atoms with Gasteiger partial charge in [0, 0.05) is 47.5 Å². The Labute approximate surface area is 402 Å². The molecular formula is C27H41N6O7Rb3. The van der Waals surface area contributed by atoms with Crippen molar-refractivity contribution in [2.75, 3.05) is 46.4 Å². The summed E-state index contributed by atoms with van der Waals surface area (Å²) in [6, 6.07) is 6.10. The predicted octanol–water partition coefficient (Wildman–Crippen LogP) is -6.19. The minimum absolute atomic E-state index is 0. The van der Waals surface area contributed by atoms with Crippen molar-refractivity contribution in [2.24, 2.45) is 0 Å². The topological polar surface area (TPSA) is 190 Å². The zero-order valence-corrected chi connectivity index (χ0v) is 40.7. The third-order valence-corrected chi connectivity index (χ3v) is 5.31. The molecule has 0 aliphatic carbocycles. The summed E-state index contributed by atoms with van der Waals surface area (Å²) < 4.78 is 5.36. The van der Waals surface area contributed by atoms with E-state index in [0.29, 0.717) is 43.8 Å². The Bertz CT molecular complexity index is 962. The van der Waals surface area contributed by atoms with Crippen LogP contribution < -0.4 is 191 Å². The van der Waals surface area contributed by atoms with Gasteiger partial charge in [-0.25, -0.2) is 0 Å². The van der Waals surface area contributed by atoms with Gasteiger partial charge in [-0.3, -0.25) is 14.4 Å². The molecule has 0 unspecified atom stereocenters. The monoisotopic (exact) mass is 816 g/mol. The molecule has 0 aromatic heterocycles. The van der Waals surface area contributed by atoms with Gasteiger partial charge in [-0.05, 0) is 24.9 Å². The van der Waals surface area contributed by atoms with Crippen molar-refractivity contribution < 1.29 is 209 Å². The molecule has 1 aromatic rings. The maximum atomic E-state index is 12.0. The zero-order chi connectivity index (χ0) is 29.4. The SMILES string of the molecule is CNC(=O)CCNC(=O)Cc1ccc([N-]C(=O)CC(=O)[N-]CCOCCC[N-]C(=O)NCCCCCC=O)cc1.[HH].[Rb+].[Rb+].[Rb+]. The third kappa shape index (κ3) is 29.3. The number of carbonyl (C=O) groups excluding carboxylic acids is 6. The fraction of sp³-hybridized carbons (Fsp3) is 0.556. The van der Waals surface area contributed by atoms with Crippen LogP contribution in [0.4, 0.5) is 10.5 Å². The average molecular weight is 818 g/mol. The van der Waals surface area contributed by atoms with Crippen LogP contribution in [0.1, 0.15) is 51.9 Å². The number of unbranched alkanes of at least 4 members (excludes halogenated alkanes) is 3. The van der Waals surface area contributed by atoms with E-state index in [2.05, 4.69) is 31.9 Å². The first-order valence-corrected chi connectivity index (χ1v) is 13.3. The molecule has 0 heterocycles. The summed E-state index contributed by atoms with van der Waals surface area (Å²) in [6.45, 7) is 1.75. The summed E-state index contributed by atoms with van der Waals surface area (Å²) in [4.78, 5) is 68.8.